The van der Waals surface area contributed by atoms with Crippen molar-refractivity contribution < 1.29 is 15.0 Å². The van der Waals surface area contributed by atoms with E-state index in [2.05, 4.69) is 0 Å². The Morgan fingerprint density at radius 1 is 1.31 bits per heavy atom. The van der Waals surface area contributed by atoms with Crippen molar-refractivity contribution >= 4 is 5.97 Å². The molecule has 0 amide bonds. The molecule has 0 bridgehead atoms. The number of aliphatic hydroxyl groups is 1. The van der Waals surface area contributed by atoms with Crippen molar-refractivity contribution in [3.05, 3.63) is 24.3 Å². The van der Waals surface area contributed by atoms with Crippen LogP contribution >= 0.6 is 0 Å². The molecule has 0 aromatic rings. The van der Waals surface area contributed by atoms with Crippen LogP contribution in [0.2, 0.25) is 0 Å². The van der Waals surface area contributed by atoms with Crippen LogP contribution in [-0.4, -0.2) is 21.8 Å². The van der Waals surface area contributed by atoms with E-state index in [1.165, 1.54) is 0 Å². The lowest BCUT2D eigenvalue weighted by Gasteiger charge is -2.38. The van der Waals surface area contributed by atoms with Crippen molar-refractivity contribution in [2.45, 2.75) is 37.7 Å². The summed E-state index contributed by atoms with van der Waals surface area (Å²) in [5.41, 5.74) is -0.941. The maximum Gasteiger partial charge on any atom is 0.304 e. The molecule has 0 aromatic carbocycles. The number of carboxylic acids is 1. The van der Waals surface area contributed by atoms with Crippen molar-refractivity contribution in [3.63, 3.8) is 0 Å². The van der Waals surface area contributed by atoms with Gasteiger partial charge in [-0.25, -0.2) is 0 Å². The topological polar surface area (TPSA) is 57.5 Å². The van der Waals surface area contributed by atoms with Crippen LogP contribution in [0.15, 0.2) is 24.3 Å². The number of carboxylic acid groups (broad SMARTS) is 1. The zero-order chi connectivity index (χ0) is 11.6. The molecule has 0 aromatic heterocycles. The molecular weight excluding hydrogens is 204 g/mol. The number of hydrogen-bond donors (Lipinski definition) is 2. The van der Waals surface area contributed by atoms with Crippen LogP contribution in [-0.2, 0) is 4.79 Å². The van der Waals surface area contributed by atoms with Gasteiger partial charge in [0, 0.05) is 5.92 Å². The maximum absolute atomic E-state index is 10.8. The normalized spacial score (nSPS) is 34.4. The van der Waals surface area contributed by atoms with E-state index >= 15 is 0 Å². The third-order valence-corrected chi connectivity index (χ3v) is 3.82. The molecule has 0 heterocycles. The maximum atomic E-state index is 10.8. The molecule has 16 heavy (non-hydrogen) atoms. The molecule has 0 aliphatic heterocycles. The van der Waals surface area contributed by atoms with Gasteiger partial charge in [0.25, 0.3) is 0 Å². The van der Waals surface area contributed by atoms with Gasteiger partial charge < -0.3 is 10.2 Å². The summed E-state index contributed by atoms with van der Waals surface area (Å²) in [5, 5.41) is 19.5. The van der Waals surface area contributed by atoms with Crippen LogP contribution in [0.5, 0.6) is 0 Å². The molecule has 2 rings (SSSR count). The fraction of sp³-hybridized carbons (Fsp3) is 0.615. The molecular formula is C13H18O3. The van der Waals surface area contributed by atoms with E-state index in [-0.39, 0.29) is 18.3 Å². The molecule has 2 N–H and O–H groups in total. The second-order valence-corrected chi connectivity index (χ2v) is 4.82. The SMILES string of the molecule is O=C(O)CC1C=CC=C[C@]1(O)C1CCCC1. The predicted octanol–water partition coefficient (Wildman–Crippen LogP) is 2.12. The van der Waals surface area contributed by atoms with Gasteiger partial charge in [0.05, 0.1) is 12.0 Å². The van der Waals surface area contributed by atoms with Crippen LogP contribution in [0.25, 0.3) is 0 Å². The van der Waals surface area contributed by atoms with Gasteiger partial charge in [-0.15, -0.1) is 0 Å². The van der Waals surface area contributed by atoms with Gasteiger partial charge >= 0.3 is 5.97 Å². The van der Waals surface area contributed by atoms with E-state index in [9.17, 15) is 9.90 Å². The largest absolute Gasteiger partial charge is 0.481 e. The summed E-state index contributed by atoms with van der Waals surface area (Å²) in [4.78, 5) is 10.8. The van der Waals surface area contributed by atoms with Crippen LogP contribution < -0.4 is 0 Å². The summed E-state index contributed by atoms with van der Waals surface area (Å²) in [6.07, 6.45) is 11.6. The summed E-state index contributed by atoms with van der Waals surface area (Å²) in [5.74, 6) is -0.905. The molecule has 0 spiro atoms. The van der Waals surface area contributed by atoms with Gasteiger partial charge in [-0.3, -0.25) is 4.79 Å². The molecule has 2 atom stereocenters. The Kier molecular flexibility index (Phi) is 3.15. The van der Waals surface area contributed by atoms with Crippen molar-refractivity contribution in [1.82, 2.24) is 0 Å². The van der Waals surface area contributed by atoms with Gasteiger partial charge in [0.1, 0.15) is 0 Å². The van der Waals surface area contributed by atoms with Crippen LogP contribution in [0.3, 0.4) is 0 Å². The highest BCUT2D eigenvalue weighted by Gasteiger charge is 2.43. The first-order chi connectivity index (χ1) is 7.63. The van der Waals surface area contributed by atoms with E-state index in [4.69, 9.17) is 5.11 Å². The molecule has 1 fully saturated rings. The van der Waals surface area contributed by atoms with Gasteiger partial charge in [-0.05, 0) is 18.8 Å². The third-order valence-electron chi connectivity index (χ3n) is 3.82. The minimum absolute atomic E-state index is 0.00778. The van der Waals surface area contributed by atoms with Crippen molar-refractivity contribution in [2.75, 3.05) is 0 Å². The predicted molar refractivity (Wildman–Crippen MR) is 60.9 cm³/mol. The van der Waals surface area contributed by atoms with E-state index in [1.807, 2.05) is 18.2 Å². The molecule has 0 radical (unpaired) electrons. The monoisotopic (exact) mass is 222 g/mol. The van der Waals surface area contributed by atoms with Crippen LogP contribution in [0.1, 0.15) is 32.1 Å². The second-order valence-electron chi connectivity index (χ2n) is 4.82. The lowest BCUT2D eigenvalue weighted by atomic mass is 9.72. The molecule has 1 saturated carbocycles. The number of allylic oxidation sites excluding steroid dienone is 2. The van der Waals surface area contributed by atoms with E-state index in [1.54, 1.807) is 6.08 Å². The Bertz CT molecular complexity index is 326. The summed E-state index contributed by atoms with van der Waals surface area (Å²) in [7, 11) is 0. The fourth-order valence-electron chi connectivity index (χ4n) is 2.93. The first-order valence-electron chi connectivity index (χ1n) is 5.93. The second kappa shape index (κ2) is 4.42. The zero-order valence-electron chi connectivity index (χ0n) is 9.30. The number of carbonyl (C=O) groups is 1. The van der Waals surface area contributed by atoms with Crippen molar-refractivity contribution in [3.8, 4) is 0 Å². The third kappa shape index (κ3) is 2.05. The molecule has 3 nitrogen and oxygen atoms in total. The average Bonchev–Trinajstić information content (AvgIpc) is 2.74. The number of hydrogen-bond acceptors (Lipinski definition) is 2. The number of aliphatic carboxylic acids is 1. The molecule has 2 aliphatic carbocycles. The molecule has 0 saturated heterocycles. The van der Waals surface area contributed by atoms with Gasteiger partial charge in [-0.1, -0.05) is 37.1 Å². The zero-order valence-corrected chi connectivity index (χ0v) is 9.30. The smallest absolute Gasteiger partial charge is 0.304 e. The summed E-state index contributed by atoms with van der Waals surface area (Å²) in [6.45, 7) is 0. The van der Waals surface area contributed by atoms with Gasteiger partial charge in [0.2, 0.25) is 0 Å². The highest BCUT2D eigenvalue weighted by Crippen LogP contribution is 2.42. The minimum atomic E-state index is -0.941. The van der Waals surface area contributed by atoms with Crippen molar-refractivity contribution in [2.24, 2.45) is 11.8 Å². The van der Waals surface area contributed by atoms with Crippen LogP contribution in [0, 0.1) is 11.8 Å². The van der Waals surface area contributed by atoms with Crippen LogP contribution in [0.4, 0.5) is 0 Å². The summed E-state index contributed by atoms with van der Waals surface area (Å²) < 4.78 is 0. The van der Waals surface area contributed by atoms with E-state index in [0.717, 1.165) is 25.7 Å². The molecule has 2 aliphatic rings. The van der Waals surface area contributed by atoms with E-state index in [0.29, 0.717) is 0 Å². The lowest BCUT2D eigenvalue weighted by Crippen LogP contribution is -2.43. The average molecular weight is 222 g/mol. The molecule has 88 valence electrons. The fourth-order valence-corrected chi connectivity index (χ4v) is 2.93. The number of rotatable bonds is 3. The molecule has 3 heteroatoms. The Morgan fingerprint density at radius 2 is 2.00 bits per heavy atom. The Balaban J connectivity index is 2.17. The highest BCUT2D eigenvalue weighted by molar-refractivity contribution is 5.67. The van der Waals surface area contributed by atoms with Gasteiger partial charge in [-0.2, -0.15) is 0 Å². The highest BCUT2D eigenvalue weighted by atomic mass is 16.4. The van der Waals surface area contributed by atoms with Crippen molar-refractivity contribution in [1.29, 1.82) is 0 Å². The first-order valence-corrected chi connectivity index (χ1v) is 5.93. The minimum Gasteiger partial charge on any atom is -0.481 e. The summed E-state index contributed by atoms with van der Waals surface area (Å²) in [6, 6.07) is 0. The Hall–Kier alpha value is -1.09. The first kappa shape index (κ1) is 11.4. The Labute approximate surface area is 95.5 Å². The van der Waals surface area contributed by atoms with E-state index < -0.39 is 11.6 Å². The summed E-state index contributed by atoms with van der Waals surface area (Å²) >= 11 is 0. The molecule has 1 unspecified atom stereocenters. The standard InChI is InChI=1S/C13H18O3/c14-12(15)9-11-7-3-4-8-13(11,16)10-5-1-2-6-10/h3-4,7-8,10-11,16H,1-2,5-6,9H2,(H,14,15)/t11?,13-/m0/s1. The van der Waals surface area contributed by atoms with Gasteiger partial charge in [0.15, 0.2) is 0 Å². The Morgan fingerprint density at radius 3 is 2.62 bits per heavy atom. The lowest BCUT2D eigenvalue weighted by molar-refractivity contribution is -0.140. The quantitative estimate of drug-likeness (QED) is 0.769.